The number of hydrogen-bond donors (Lipinski definition) is 2. The van der Waals surface area contributed by atoms with Gasteiger partial charge in [0, 0.05) is 19.6 Å². The number of hydrogen-bond acceptors (Lipinski definition) is 7. The van der Waals surface area contributed by atoms with E-state index in [0.717, 1.165) is 38.1 Å². The Hall–Kier alpha value is -1.77. The number of nitrogens with one attached hydrogen (secondary N) is 1. The van der Waals surface area contributed by atoms with E-state index in [2.05, 4.69) is 32.2 Å². The molecule has 0 amide bonds. The first-order valence-corrected chi connectivity index (χ1v) is 7.60. The van der Waals surface area contributed by atoms with Gasteiger partial charge in [0.05, 0.1) is 12.4 Å². The van der Waals surface area contributed by atoms with E-state index in [1.54, 1.807) is 6.33 Å². The molecule has 3 N–H and O–H groups in total. The average Bonchev–Trinajstić information content (AvgIpc) is 3.12. The lowest BCUT2D eigenvalue weighted by Gasteiger charge is -2.21. The van der Waals surface area contributed by atoms with E-state index in [4.69, 9.17) is 10.5 Å². The Kier molecular flexibility index (Phi) is 4.51. The molecule has 1 aliphatic rings. The van der Waals surface area contributed by atoms with E-state index in [9.17, 15) is 0 Å². The summed E-state index contributed by atoms with van der Waals surface area (Å²) in [5, 5.41) is 3.16. The molecule has 3 heterocycles. The van der Waals surface area contributed by atoms with Gasteiger partial charge in [-0.2, -0.15) is 0 Å². The van der Waals surface area contributed by atoms with E-state index < -0.39 is 0 Å². The van der Waals surface area contributed by atoms with E-state index in [-0.39, 0.29) is 12.3 Å². The van der Waals surface area contributed by atoms with E-state index in [1.807, 2.05) is 11.6 Å². The van der Waals surface area contributed by atoms with Crippen LogP contribution in [-0.2, 0) is 4.74 Å². The SMILES string of the molecule is CNCCN(C)CC1CCC(n2cnc3c(N)ncnc32)O1. The van der Waals surface area contributed by atoms with Crippen LogP contribution in [0.1, 0.15) is 19.1 Å². The lowest BCUT2D eigenvalue weighted by Crippen LogP contribution is -2.33. The molecule has 0 aliphatic carbocycles. The second kappa shape index (κ2) is 6.55. The van der Waals surface area contributed by atoms with Crippen LogP contribution >= 0.6 is 0 Å². The molecule has 3 rings (SSSR count). The third-order valence-corrected chi connectivity index (χ3v) is 4.04. The molecule has 2 unspecified atom stereocenters. The van der Waals surface area contributed by atoms with Crippen LogP contribution < -0.4 is 11.1 Å². The van der Waals surface area contributed by atoms with Crippen LogP contribution in [-0.4, -0.2) is 64.3 Å². The molecule has 0 radical (unpaired) electrons. The number of aromatic nitrogens is 4. The fraction of sp³-hybridized carbons (Fsp3) is 0.643. The molecule has 0 spiro atoms. The Morgan fingerprint density at radius 2 is 2.27 bits per heavy atom. The van der Waals surface area contributed by atoms with Gasteiger partial charge in [-0.1, -0.05) is 0 Å². The van der Waals surface area contributed by atoms with Gasteiger partial charge in [-0.05, 0) is 26.9 Å². The Morgan fingerprint density at radius 3 is 3.09 bits per heavy atom. The van der Waals surface area contributed by atoms with Gasteiger partial charge in [-0.15, -0.1) is 0 Å². The predicted molar refractivity (Wildman–Crippen MR) is 84.3 cm³/mol. The van der Waals surface area contributed by atoms with Crippen molar-refractivity contribution in [2.45, 2.75) is 25.2 Å². The molecular formula is C14H23N7O. The number of imidazole rings is 1. The quantitative estimate of drug-likeness (QED) is 0.789. The minimum Gasteiger partial charge on any atom is -0.382 e. The molecule has 1 saturated heterocycles. The average molecular weight is 305 g/mol. The first-order valence-electron chi connectivity index (χ1n) is 7.60. The molecule has 0 saturated carbocycles. The molecule has 2 aromatic rings. The number of likely N-dealkylation sites (N-methyl/N-ethyl adjacent to an activating group) is 2. The monoisotopic (exact) mass is 305 g/mol. The van der Waals surface area contributed by atoms with Crippen molar-refractivity contribution in [2.75, 3.05) is 39.5 Å². The van der Waals surface area contributed by atoms with Crippen molar-refractivity contribution < 1.29 is 4.74 Å². The van der Waals surface area contributed by atoms with Crippen LogP contribution in [0.25, 0.3) is 11.2 Å². The largest absolute Gasteiger partial charge is 0.382 e. The van der Waals surface area contributed by atoms with Gasteiger partial charge in [0.1, 0.15) is 18.1 Å². The second-order valence-corrected chi connectivity index (χ2v) is 5.74. The number of ether oxygens (including phenoxy) is 1. The molecule has 0 aromatic carbocycles. The lowest BCUT2D eigenvalue weighted by molar-refractivity contribution is -0.00824. The topological polar surface area (TPSA) is 94.1 Å². The number of nitrogen functional groups attached to an aromatic ring is 1. The first-order chi connectivity index (χ1) is 10.7. The Bertz CT molecular complexity index is 629. The predicted octanol–water partition coefficient (Wildman–Crippen LogP) is 0.237. The molecule has 0 bridgehead atoms. The van der Waals surface area contributed by atoms with Crippen LogP contribution in [0.2, 0.25) is 0 Å². The molecule has 120 valence electrons. The van der Waals surface area contributed by atoms with Crippen molar-refractivity contribution in [3.05, 3.63) is 12.7 Å². The van der Waals surface area contributed by atoms with Crippen molar-refractivity contribution in [1.82, 2.24) is 29.7 Å². The maximum absolute atomic E-state index is 6.16. The van der Waals surface area contributed by atoms with Gasteiger partial charge in [0.25, 0.3) is 0 Å². The lowest BCUT2D eigenvalue weighted by atomic mass is 10.2. The Labute approximate surface area is 129 Å². The van der Waals surface area contributed by atoms with Gasteiger partial charge in [-0.25, -0.2) is 15.0 Å². The van der Waals surface area contributed by atoms with Gasteiger partial charge in [-0.3, -0.25) is 4.57 Å². The standard InChI is InChI=1S/C14H23N7O/c1-16-5-6-20(2)7-10-3-4-11(22-10)21-9-19-12-13(15)17-8-18-14(12)21/h8-11,16H,3-7H2,1-2H3,(H2,15,17,18). The summed E-state index contributed by atoms with van der Waals surface area (Å²) in [5.41, 5.74) is 7.20. The summed E-state index contributed by atoms with van der Waals surface area (Å²) in [5.74, 6) is 0.407. The zero-order valence-corrected chi connectivity index (χ0v) is 13.1. The molecule has 8 nitrogen and oxygen atoms in total. The summed E-state index contributed by atoms with van der Waals surface area (Å²) in [6.45, 7) is 2.93. The van der Waals surface area contributed by atoms with Crippen molar-refractivity contribution in [3.63, 3.8) is 0 Å². The maximum atomic E-state index is 6.16. The molecule has 2 aromatic heterocycles. The van der Waals surface area contributed by atoms with E-state index >= 15 is 0 Å². The highest BCUT2D eigenvalue weighted by Gasteiger charge is 2.28. The van der Waals surface area contributed by atoms with Crippen molar-refractivity contribution in [3.8, 4) is 0 Å². The molecule has 1 fully saturated rings. The zero-order chi connectivity index (χ0) is 15.5. The fourth-order valence-corrected chi connectivity index (χ4v) is 2.85. The van der Waals surface area contributed by atoms with Crippen LogP contribution in [0.3, 0.4) is 0 Å². The number of nitrogens with zero attached hydrogens (tertiary/aromatic N) is 5. The minimum absolute atomic E-state index is 0.0259. The highest BCUT2D eigenvalue weighted by molar-refractivity contribution is 5.81. The van der Waals surface area contributed by atoms with Crippen molar-refractivity contribution in [1.29, 1.82) is 0 Å². The first kappa shape index (κ1) is 15.1. The molecule has 22 heavy (non-hydrogen) atoms. The van der Waals surface area contributed by atoms with Crippen LogP contribution in [0.4, 0.5) is 5.82 Å². The summed E-state index contributed by atoms with van der Waals surface area (Å²) in [6, 6.07) is 0. The second-order valence-electron chi connectivity index (χ2n) is 5.74. The van der Waals surface area contributed by atoms with E-state index in [0.29, 0.717) is 11.3 Å². The van der Waals surface area contributed by atoms with Crippen LogP contribution in [0, 0.1) is 0 Å². The highest BCUT2D eigenvalue weighted by Crippen LogP contribution is 2.31. The third-order valence-electron chi connectivity index (χ3n) is 4.04. The maximum Gasteiger partial charge on any atom is 0.167 e. The van der Waals surface area contributed by atoms with Crippen molar-refractivity contribution in [2.24, 2.45) is 0 Å². The fourth-order valence-electron chi connectivity index (χ4n) is 2.85. The number of rotatable bonds is 6. The minimum atomic E-state index is -0.0259. The molecular weight excluding hydrogens is 282 g/mol. The number of nitrogens with two attached hydrogens (primary N) is 1. The van der Waals surface area contributed by atoms with Gasteiger partial charge >= 0.3 is 0 Å². The van der Waals surface area contributed by atoms with Gasteiger partial charge in [0.2, 0.25) is 0 Å². The smallest absolute Gasteiger partial charge is 0.167 e. The van der Waals surface area contributed by atoms with Crippen LogP contribution in [0.5, 0.6) is 0 Å². The zero-order valence-electron chi connectivity index (χ0n) is 13.1. The Morgan fingerprint density at radius 1 is 1.41 bits per heavy atom. The van der Waals surface area contributed by atoms with E-state index in [1.165, 1.54) is 6.33 Å². The number of anilines is 1. The summed E-state index contributed by atoms with van der Waals surface area (Å²) in [6.07, 6.45) is 5.42. The molecule has 1 aliphatic heterocycles. The normalized spacial score (nSPS) is 22.0. The summed E-state index contributed by atoms with van der Waals surface area (Å²) in [7, 11) is 4.09. The third kappa shape index (κ3) is 3.03. The molecule has 2 atom stereocenters. The van der Waals surface area contributed by atoms with Gasteiger partial charge < -0.3 is 20.7 Å². The highest BCUT2D eigenvalue weighted by atomic mass is 16.5. The summed E-state index contributed by atoms with van der Waals surface area (Å²) in [4.78, 5) is 14.8. The molecule has 8 heteroatoms. The number of fused-ring (bicyclic) bond motifs is 1. The van der Waals surface area contributed by atoms with Crippen LogP contribution in [0.15, 0.2) is 12.7 Å². The summed E-state index contributed by atoms with van der Waals surface area (Å²) >= 11 is 0. The summed E-state index contributed by atoms with van der Waals surface area (Å²) < 4.78 is 8.12. The van der Waals surface area contributed by atoms with Crippen molar-refractivity contribution >= 4 is 17.0 Å². The Balaban J connectivity index is 1.66. The van der Waals surface area contributed by atoms with Gasteiger partial charge in [0.15, 0.2) is 11.5 Å².